The molecule has 1 N–H and O–H groups in total. The van der Waals surface area contributed by atoms with Crippen molar-refractivity contribution in [2.45, 2.75) is 32.7 Å². The number of aromatic nitrogens is 1. The first-order chi connectivity index (χ1) is 16.0. The highest BCUT2D eigenvalue weighted by Crippen LogP contribution is 2.37. The molecule has 0 saturated carbocycles. The van der Waals surface area contributed by atoms with E-state index in [1.54, 1.807) is 20.4 Å². The Balaban J connectivity index is 1.50. The number of likely N-dealkylation sites (tertiary alicyclic amines) is 1. The Bertz CT molecular complexity index is 1090. The molecule has 1 aliphatic rings. The van der Waals surface area contributed by atoms with Gasteiger partial charge in [0.25, 0.3) is 0 Å². The highest BCUT2D eigenvalue weighted by Gasteiger charge is 2.41. The Labute approximate surface area is 196 Å². The van der Waals surface area contributed by atoms with Crippen LogP contribution in [0.1, 0.15) is 29.5 Å². The molecule has 33 heavy (non-hydrogen) atoms. The van der Waals surface area contributed by atoms with E-state index in [2.05, 4.69) is 70.7 Å². The van der Waals surface area contributed by atoms with E-state index in [0.29, 0.717) is 0 Å². The van der Waals surface area contributed by atoms with Crippen molar-refractivity contribution in [2.24, 2.45) is 5.41 Å². The fourth-order valence-corrected chi connectivity index (χ4v) is 5.04. The van der Waals surface area contributed by atoms with Gasteiger partial charge in [0.15, 0.2) is 0 Å². The third-order valence-electron chi connectivity index (χ3n) is 6.88. The van der Waals surface area contributed by atoms with Crippen LogP contribution in [0.15, 0.2) is 67.0 Å². The lowest BCUT2D eigenvalue weighted by molar-refractivity contribution is -0.133. The summed E-state index contributed by atoms with van der Waals surface area (Å²) in [4.78, 5) is 19.8. The SMILES string of the molecule is CNC(=O)C1(Cc2cccc(-c3cccnc3)c2)CCN(Cc2cccc(C)c2OC)CC1. The van der Waals surface area contributed by atoms with Crippen molar-refractivity contribution in [1.82, 2.24) is 15.2 Å². The predicted molar refractivity (Wildman–Crippen MR) is 132 cm³/mol. The van der Waals surface area contributed by atoms with Crippen LogP contribution in [0.3, 0.4) is 0 Å². The van der Waals surface area contributed by atoms with Crippen LogP contribution in [0.4, 0.5) is 0 Å². The van der Waals surface area contributed by atoms with E-state index in [1.807, 2.05) is 12.3 Å². The summed E-state index contributed by atoms with van der Waals surface area (Å²) in [7, 11) is 3.48. The molecule has 5 nitrogen and oxygen atoms in total. The third-order valence-corrected chi connectivity index (χ3v) is 6.88. The van der Waals surface area contributed by atoms with Crippen LogP contribution < -0.4 is 10.1 Å². The van der Waals surface area contributed by atoms with Crippen molar-refractivity contribution < 1.29 is 9.53 Å². The first kappa shape index (κ1) is 23.0. The molecule has 0 atom stereocenters. The summed E-state index contributed by atoms with van der Waals surface area (Å²) in [6, 6.07) is 18.8. The number of piperidine rings is 1. The molecule has 1 aliphatic heterocycles. The van der Waals surface area contributed by atoms with Crippen LogP contribution in [-0.4, -0.2) is 43.0 Å². The van der Waals surface area contributed by atoms with Gasteiger partial charge in [-0.2, -0.15) is 0 Å². The Hall–Kier alpha value is -3.18. The van der Waals surface area contributed by atoms with E-state index in [1.165, 1.54) is 11.1 Å². The maximum atomic E-state index is 13.1. The van der Waals surface area contributed by atoms with Gasteiger partial charge < -0.3 is 10.1 Å². The van der Waals surface area contributed by atoms with Gasteiger partial charge in [0.1, 0.15) is 5.75 Å². The van der Waals surface area contributed by atoms with E-state index in [9.17, 15) is 4.79 Å². The quantitative estimate of drug-likeness (QED) is 0.578. The number of aryl methyl sites for hydroxylation is 1. The zero-order valence-electron chi connectivity index (χ0n) is 19.8. The molecular weight excluding hydrogens is 410 g/mol. The maximum Gasteiger partial charge on any atom is 0.226 e. The zero-order valence-corrected chi connectivity index (χ0v) is 19.8. The largest absolute Gasteiger partial charge is 0.496 e. The highest BCUT2D eigenvalue weighted by molar-refractivity contribution is 5.83. The molecule has 0 bridgehead atoms. The number of nitrogens with zero attached hydrogens (tertiary/aromatic N) is 2. The summed E-state index contributed by atoms with van der Waals surface area (Å²) in [5.74, 6) is 1.11. The molecule has 1 fully saturated rings. The van der Waals surface area contributed by atoms with Crippen LogP contribution in [-0.2, 0) is 17.8 Å². The number of rotatable bonds is 7. The third kappa shape index (κ3) is 5.09. The van der Waals surface area contributed by atoms with Gasteiger partial charge >= 0.3 is 0 Å². The van der Waals surface area contributed by atoms with E-state index in [4.69, 9.17) is 4.74 Å². The molecule has 2 heterocycles. The number of ether oxygens (including phenoxy) is 1. The Morgan fingerprint density at radius 3 is 2.55 bits per heavy atom. The number of para-hydroxylation sites is 1. The number of amides is 1. The highest BCUT2D eigenvalue weighted by atomic mass is 16.5. The van der Waals surface area contributed by atoms with Crippen LogP contribution in [0.5, 0.6) is 5.75 Å². The van der Waals surface area contributed by atoms with E-state index in [-0.39, 0.29) is 5.91 Å². The van der Waals surface area contributed by atoms with Crippen molar-refractivity contribution in [3.63, 3.8) is 0 Å². The first-order valence-electron chi connectivity index (χ1n) is 11.6. The van der Waals surface area contributed by atoms with Crippen molar-refractivity contribution >= 4 is 5.91 Å². The zero-order chi connectivity index (χ0) is 23.3. The molecule has 0 unspecified atom stereocenters. The average molecular weight is 444 g/mol. The molecular formula is C28H33N3O2. The minimum Gasteiger partial charge on any atom is -0.496 e. The smallest absolute Gasteiger partial charge is 0.226 e. The summed E-state index contributed by atoms with van der Waals surface area (Å²) >= 11 is 0. The van der Waals surface area contributed by atoms with Crippen molar-refractivity contribution in [3.8, 4) is 16.9 Å². The lowest BCUT2D eigenvalue weighted by atomic mass is 9.72. The Kier molecular flexibility index (Phi) is 7.09. The molecule has 4 rings (SSSR count). The van der Waals surface area contributed by atoms with Crippen molar-refractivity contribution in [1.29, 1.82) is 0 Å². The second-order valence-electron chi connectivity index (χ2n) is 9.02. The lowest BCUT2D eigenvalue weighted by Gasteiger charge is -2.41. The Morgan fingerprint density at radius 2 is 1.85 bits per heavy atom. The molecule has 5 heteroatoms. The maximum absolute atomic E-state index is 13.1. The van der Waals surface area contributed by atoms with Crippen LogP contribution >= 0.6 is 0 Å². The van der Waals surface area contributed by atoms with Crippen LogP contribution in [0, 0.1) is 12.3 Å². The molecule has 2 aromatic carbocycles. The standard InChI is InChI=1S/C28H33N3O2/c1-21-7-4-10-25(26(21)33-3)20-31-15-12-28(13-16-31,27(32)29-2)18-22-8-5-9-23(17-22)24-11-6-14-30-19-24/h4-11,14,17,19H,12-13,15-16,18,20H2,1-3H3,(H,29,32). The number of hydrogen-bond donors (Lipinski definition) is 1. The van der Waals surface area contributed by atoms with Gasteiger partial charge in [0, 0.05) is 31.5 Å². The fraction of sp³-hybridized carbons (Fsp3) is 0.357. The summed E-state index contributed by atoms with van der Waals surface area (Å²) < 4.78 is 5.65. The van der Waals surface area contributed by atoms with Gasteiger partial charge in [-0.05, 0) is 67.6 Å². The summed E-state index contributed by atoms with van der Waals surface area (Å²) in [5.41, 5.74) is 5.38. The average Bonchev–Trinajstić information content (AvgIpc) is 2.85. The molecule has 0 spiro atoms. The molecule has 1 aromatic heterocycles. The van der Waals surface area contributed by atoms with Gasteiger partial charge in [0.05, 0.1) is 12.5 Å². The number of carbonyl (C=O) groups is 1. The molecule has 1 amide bonds. The van der Waals surface area contributed by atoms with Crippen molar-refractivity contribution in [3.05, 3.63) is 83.7 Å². The second-order valence-corrected chi connectivity index (χ2v) is 9.02. The normalized spacial score (nSPS) is 15.7. The van der Waals surface area contributed by atoms with Gasteiger partial charge in [0.2, 0.25) is 5.91 Å². The minimum absolute atomic E-state index is 0.141. The van der Waals surface area contributed by atoms with Gasteiger partial charge in [-0.25, -0.2) is 0 Å². The minimum atomic E-state index is -0.393. The van der Waals surface area contributed by atoms with Crippen LogP contribution in [0.2, 0.25) is 0 Å². The van der Waals surface area contributed by atoms with Gasteiger partial charge in [-0.3, -0.25) is 14.7 Å². The second kappa shape index (κ2) is 10.2. The number of carbonyl (C=O) groups excluding carboxylic acids is 1. The molecule has 1 saturated heterocycles. The number of nitrogens with one attached hydrogen (secondary N) is 1. The van der Waals surface area contributed by atoms with Gasteiger partial charge in [-0.1, -0.05) is 48.5 Å². The number of hydrogen-bond acceptors (Lipinski definition) is 4. The van der Waals surface area contributed by atoms with E-state index in [0.717, 1.165) is 61.3 Å². The predicted octanol–water partition coefficient (Wildman–Crippen LogP) is 4.64. The molecule has 0 radical (unpaired) electrons. The Morgan fingerprint density at radius 1 is 1.09 bits per heavy atom. The summed E-state index contributed by atoms with van der Waals surface area (Å²) in [6.45, 7) is 4.68. The van der Waals surface area contributed by atoms with Gasteiger partial charge in [-0.15, -0.1) is 0 Å². The van der Waals surface area contributed by atoms with E-state index < -0.39 is 5.41 Å². The molecule has 172 valence electrons. The van der Waals surface area contributed by atoms with Crippen LogP contribution in [0.25, 0.3) is 11.1 Å². The van der Waals surface area contributed by atoms with E-state index >= 15 is 0 Å². The molecule has 3 aromatic rings. The topological polar surface area (TPSA) is 54.5 Å². The summed E-state index contributed by atoms with van der Waals surface area (Å²) in [6.07, 6.45) is 6.07. The number of methoxy groups -OCH3 is 1. The monoisotopic (exact) mass is 443 g/mol. The molecule has 0 aliphatic carbocycles. The van der Waals surface area contributed by atoms with Crippen molar-refractivity contribution in [2.75, 3.05) is 27.2 Å². The number of benzene rings is 2. The summed E-state index contributed by atoms with van der Waals surface area (Å²) in [5, 5.41) is 2.94. The lowest BCUT2D eigenvalue weighted by Crippen LogP contribution is -2.49. The number of pyridine rings is 1. The first-order valence-corrected chi connectivity index (χ1v) is 11.6. The fourth-order valence-electron chi connectivity index (χ4n) is 5.04.